The van der Waals surface area contributed by atoms with Gasteiger partial charge in [-0.3, -0.25) is 4.79 Å². The molecule has 0 aromatic rings. The SMILES string of the molecule is NCCC1(C(N)=O)CC1. The van der Waals surface area contributed by atoms with Crippen molar-refractivity contribution in [1.29, 1.82) is 0 Å². The number of primary amides is 1. The summed E-state index contributed by atoms with van der Waals surface area (Å²) in [6, 6.07) is 0. The van der Waals surface area contributed by atoms with E-state index < -0.39 is 0 Å². The molecule has 4 N–H and O–H groups in total. The molecule has 1 aliphatic rings. The Hall–Kier alpha value is -0.570. The molecule has 9 heavy (non-hydrogen) atoms. The van der Waals surface area contributed by atoms with Crippen molar-refractivity contribution in [1.82, 2.24) is 0 Å². The molecule has 1 amide bonds. The Labute approximate surface area is 54.4 Å². The largest absolute Gasteiger partial charge is 0.369 e. The van der Waals surface area contributed by atoms with E-state index in [-0.39, 0.29) is 11.3 Å². The maximum Gasteiger partial charge on any atom is 0.223 e. The van der Waals surface area contributed by atoms with Crippen LogP contribution in [0.4, 0.5) is 0 Å². The molecule has 0 spiro atoms. The van der Waals surface area contributed by atoms with Gasteiger partial charge in [0, 0.05) is 0 Å². The summed E-state index contributed by atoms with van der Waals surface area (Å²) >= 11 is 0. The molecule has 0 heterocycles. The molecule has 3 nitrogen and oxygen atoms in total. The minimum atomic E-state index is -0.186. The van der Waals surface area contributed by atoms with Gasteiger partial charge in [0.05, 0.1) is 5.41 Å². The van der Waals surface area contributed by atoms with Gasteiger partial charge in [0.25, 0.3) is 0 Å². The first-order chi connectivity index (χ1) is 4.21. The van der Waals surface area contributed by atoms with Crippen LogP contribution in [-0.4, -0.2) is 12.5 Å². The van der Waals surface area contributed by atoms with E-state index in [4.69, 9.17) is 11.5 Å². The van der Waals surface area contributed by atoms with E-state index in [1.807, 2.05) is 0 Å². The third-order valence-corrected chi connectivity index (χ3v) is 2.00. The highest BCUT2D eigenvalue weighted by Crippen LogP contribution is 2.47. The highest BCUT2D eigenvalue weighted by atomic mass is 16.1. The van der Waals surface area contributed by atoms with Gasteiger partial charge < -0.3 is 11.5 Å². The molecule has 0 aromatic heterocycles. The number of rotatable bonds is 3. The molecule has 1 aliphatic carbocycles. The average Bonchev–Trinajstić information content (AvgIpc) is 2.49. The lowest BCUT2D eigenvalue weighted by Gasteiger charge is -2.06. The minimum absolute atomic E-state index is 0.173. The fourth-order valence-electron chi connectivity index (χ4n) is 1.05. The number of carbonyl (C=O) groups excluding carboxylic acids is 1. The number of hydrogen-bond donors (Lipinski definition) is 2. The summed E-state index contributed by atoms with van der Waals surface area (Å²) in [6.07, 6.45) is 2.65. The second-order valence-corrected chi connectivity index (χ2v) is 2.68. The fourth-order valence-corrected chi connectivity index (χ4v) is 1.05. The van der Waals surface area contributed by atoms with Crippen molar-refractivity contribution in [3.8, 4) is 0 Å². The van der Waals surface area contributed by atoms with Crippen molar-refractivity contribution >= 4 is 5.91 Å². The van der Waals surface area contributed by atoms with Crippen molar-refractivity contribution in [2.75, 3.05) is 6.54 Å². The smallest absolute Gasteiger partial charge is 0.223 e. The fraction of sp³-hybridized carbons (Fsp3) is 0.833. The first-order valence-corrected chi connectivity index (χ1v) is 3.21. The van der Waals surface area contributed by atoms with E-state index in [1.54, 1.807) is 0 Å². The zero-order chi connectivity index (χ0) is 6.91. The van der Waals surface area contributed by atoms with Crippen molar-refractivity contribution in [3.05, 3.63) is 0 Å². The van der Waals surface area contributed by atoms with Crippen LogP contribution in [0.25, 0.3) is 0 Å². The van der Waals surface area contributed by atoms with Crippen LogP contribution in [0, 0.1) is 5.41 Å². The molecule has 1 rings (SSSR count). The van der Waals surface area contributed by atoms with Gasteiger partial charge in [0.2, 0.25) is 5.91 Å². The topological polar surface area (TPSA) is 69.1 Å². The molecule has 1 saturated carbocycles. The Morgan fingerprint density at radius 3 is 2.22 bits per heavy atom. The van der Waals surface area contributed by atoms with E-state index in [0.29, 0.717) is 6.54 Å². The first kappa shape index (κ1) is 6.55. The molecule has 0 aliphatic heterocycles. The predicted molar refractivity (Wildman–Crippen MR) is 34.5 cm³/mol. The van der Waals surface area contributed by atoms with Crippen molar-refractivity contribution in [3.63, 3.8) is 0 Å². The summed E-state index contributed by atoms with van der Waals surface area (Å²) in [5.74, 6) is -0.173. The Morgan fingerprint density at radius 2 is 2.11 bits per heavy atom. The van der Waals surface area contributed by atoms with Crippen molar-refractivity contribution < 1.29 is 4.79 Å². The first-order valence-electron chi connectivity index (χ1n) is 3.21. The lowest BCUT2D eigenvalue weighted by atomic mass is 10.0. The van der Waals surface area contributed by atoms with E-state index in [2.05, 4.69) is 0 Å². The molecule has 0 unspecified atom stereocenters. The van der Waals surface area contributed by atoms with Crippen LogP contribution in [0.2, 0.25) is 0 Å². The van der Waals surface area contributed by atoms with Gasteiger partial charge in [-0.25, -0.2) is 0 Å². The summed E-state index contributed by atoms with van der Waals surface area (Å²) in [7, 11) is 0. The monoisotopic (exact) mass is 128 g/mol. The Kier molecular flexibility index (Phi) is 1.45. The van der Waals surface area contributed by atoms with E-state index in [1.165, 1.54) is 0 Å². The summed E-state index contributed by atoms with van der Waals surface area (Å²) in [5, 5.41) is 0. The number of carbonyl (C=O) groups is 1. The van der Waals surface area contributed by atoms with Gasteiger partial charge in [0.1, 0.15) is 0 Å². The third-order valence-electron chi connectivity index (χ3n) is 2.00. The van der Waals surface area contributed by atoms with E-state index >= 15 is 0 Å². The highest BCUT2D eigenvalue weighted by Gasteiger charge is 2.47. The van der Waals surface area contributed by atoms with Gasteiger partial charge in [-0.05, 0) is 25.8 Å². The molecule has 52 valence electrons. The van der Waals surface area contributed by atoms with Crippen molar-refractivity contribution in [2.45, 2.75) is 19.3 Å². The second kappa shape index (κ2) is 1.99. The molecular weight excluding hydrogens is 116 g/mol. The summed E-state index contributed by atoms with van der Waals surface area (Å²) < 4.78 is 0. The standard InChI is InChI=1S/C6H12N2O/c7-4-3-6(1-2-6)5(8)9/h1-4,7H2,(H2,8,9). The van der Waals surface area contributed by atoms with Gasteiger partial charge in [-0.2, -0.15) is 0 Å². The van der Waals surface area contributed by atoms with Gasteiger partial charge in [-0.15, -0.1) is 0 Å². The Morgan fingerprint density at radius 1 is 1.56 bits per heavy atom. The van der Waals surface area contributed by atoms with Gasteiger partial charge in [-0.1, -0.05) is 0 Å². The molecule has 0 atom stereocenters. The molecule has 3 heteroatoms. The van der Waals surface area contributed by atoms with Crippen LogP contribution in [0.15, 0.2) is 0 Å². The summed E-state index contributed by atoms with van der Waals surface area (Å²) in [6.45, 7) is 0.572. The lowest BCUT2D eigenvalue weighted by molar-refractivity contribution is -0.123. The van der Waals surface area contributed by atoms with Gasteiger partial charge >= 0.3 is 0 Å². The summed E-state index contributed by atoms with van der Waals surface area (Å²) in [4.78, 5) is 10.6. The van der Waals surface area contributed by atoms with Crippen molar-refractivity contribution in [2.24, 2.45) is 16.9 Å². The van der Waals surface area contributed by atoms with Crippen LogP contribution in [0.3, 0.4) is 0 Å². The second-order valence-electron chi connectivity index (χ2n) is 2.68. The molecule has 0 bridgehead atoms. The zero-order valence-corrected chi connectivity index (χ0v) is 5.39. The minimum Gasteiger partial charge on any atom is -0.369 e. The zero-order valence-electron chi connectivity index (χ0n) is 5.39. The maximum absolute atomic E-state index is 10.6. The maximum atomic E-state index is 10.6. The number of amides is 1. The molecular formula is C6H12N2O. The average molecular weight is 128 g/mol. The lowest BCUT2D eigenvalue weighted by Crippen LogP contribution is -2.26. The van der Waals surface area contributed by atoms with Crippen LogP contribution < -0.4 is 11.5 Å². The number of nitrogens with two attached hydrogens (primary N) is 2. The quantitative estimate of drug-likeness (QED) is 0.543. The van der Waals surface area contributed by atoms with Crippen LogP contribution in [0.1, 0.15) is 19.3 Å². The molecule has 0 aromatic carbocycles. The van der Waals surface area contributed by atoms with Gasteiger partial charge in [0.15, 0.2) is 0 Å². The van der Waals surface area contributed by atoms with Crippen LogP contribution in [-0.2, 0) is 4.79 Å². The van der Waals surface area contributed by atoms with Crippen LogP contribution >= 0.6 is 0 Å². The summed E-state index contributed by atoms with van der Waals surface area (Å²) in [5.41, 5.74) is 10.2. The predicted octanol–water partition coefficient (Wildman–Crippen LogP) is -0.399. The molecule has 0 radical (unpaired) electrons. The number of hydrogen-bond acceptors (Lipinski definition) is 2. The van der Waals surface area contributed by atoms with Crippen LogP contribution in [0.5, 0.6) is 0 Å². The highest BCUT2D eigenvalue weighted by molar-refractivity contribution is 5.83. The molecule has 0 saturated heterocycles. The Bertz CT molecular complexity index is 129. The normalized spacial score (nSPS) is 21.4. The Balaban J connectivity index is 2.43. The van der Waals surface area contributed by atoms with E-state index in [9.17, 15) is 4.79 Å². The van der Waals surface area contributed by atoms with E-state index in [0.717, 1.165) is 19.3 Å². The molecule has 1 fully saturated rings. The third kappa shape index (κ3) is 1.05.